The molecule has 5 nitrogen and oxygen atoms in total. The molecule has 0 atom stereocenters. The van der Waals surface area contributed by atoms with Crippen molar-refractivity contribution in [1.82, 2.24) is 20.4 Å². The van der Waals surface area contributed by atoms with Gasteiger partial charge in [-0.25, -0.2) is 0 Å². The average Bonchev–Trinajstić information content (AvgIpc) is 2.99. The minimum Gasteiger partial charge on any atom is -0.356 e. The van der Waals surface area contributed by atoms with Gasteiger partial charge in [0.25, 0.3) is 0 Å². The Balaban J connectivity index is 0.00000312. The highest BCUT2D eigenvalue weighted by molar-refractivity contribution is 14.0. The summed E-state index contributed by atoms with van der Waals surface area (Å²) in [5, 5.41) is 10.8. The molecule has 2 rings (SSSR count). The molecule has 6 heteroatoms. The first-order valence-electron chi connectivity index (χ1n) is 8.60. The molecule has 25 heavy (non-hydrogen) atoms. The molecule has 0 fully saturated rings. The van der Waals surface area contributed by atoms with Gasteiger partial charge in [-0.15, -0.1) is 24.0 Å². The summed E-state index contributed by atoms with van der Waals surface area (Å²) < 4.78 is 1.86. The van der Waals surface area contributed by atoms with Crippen LogP contribution in [-0.2, 0) is 20.0 Å². The SMILES string of the molecule is CN=C(NCCCc1ccc(C(C)C)cc1)NCc1ccnn1C.I. The lowest BCUT2D eigenvalue weighted by atomic mass is 10.0. The van der Waals surface area contributed by atoms with Crippen LogP contribution in [-0.4, -0.2) is 29.3 Å². The van der Waals surface area contributed by atoms with Crippen LogP contribution in [0.2, 0.25) is 0 Å². The first-order chi connectivity index (χ1) is 11.6. The Hall–Kier alpha value is -1.57. The third kappa shape index (κ3) is 7.05. The maximum Gasteiger partial charge on any atom is 0.191 e. The van der Waals surface area contributed by atoms with Gasteiger partial charge in [-0.3, -0.25) is 9.67 Å². The summed E-state index contributed by atoms with van der Waals surface area (Å²) in [5.41, 5.74) is 3.92. The number of hydrogen-bond acceptors (Lipinski definition) is 2. The summed E-state index contributed by atoms with van der Waals surface area (Å²) in [6, 6.07) is 11.0. The van der Waals surface area contributed by atoms with Crippen molar-refractivity contribution in [2.24, 2.45) is 12.0 Å². The minimum atomic E-state index is 0. The maximum absolute atomic E-state index is 4.26. The zero-order valence-electron chi connectivity index (χ0n) is 15.6. The molecule has 0 aliphatic heterocycles. The fourth-order valence-corrected chi connectivity index (χ4v) is 2.54. The van der Waals surface area contributed by atoms with Crippen molar-refractivity contribution >= 4 is 29.9 Å². The number of benzene rings is 1. The zero-order valence-corrected chi connectivity index (χ0v) is 18.0. The van der Waals surface area contributed by atoms with Crippen LogP contribution in [0.4, 0.5) is 0 Å². The number of guanidine groups is 1. The van der Waals surface area contributed by atoms with Crippen LogP contribution in [0.1, 0.15) is 43.0 Å². The van der Waals surface area contributed by atoms with E-state index in [2.05, 4.69) is 58.8 Å². The molecule has 1 aromatic carbocycles. The number of aromatic nitrogens is 2. The van der Waals surface area contributed by atoms with Gasteiger partial charge < -0.3 is 10.6 Å². The molecule has 2 N–H and O–H groups in total. The quantitative estimate of drug-likeness (QED) is 0.291. The standard InChI is InChI=1S/C19H29N5.HI/c1-15(2)17-9-7-16(8-10-17)6-5-12-21-19(20-3)22-14-18-11-13-23-24(18)4;/h7-11,13,15H,5-6,12,14H2,1-4H3,(H2,20,21,22);1H. The Morgan fingerprint density at radius 3 is 2.44 bits per heavy atom. The molecule has 0 radical (unpaired) electrons. The number of nitrogens with zero attached hydrogens (tertiary/aromatic N) is 3. The second-order valence-electron chi connectivity index (χ2n) is 6.30. The summed E-state index contributed by atoms with van der Waals surface area (Å²) in [6.07, 6.45) is 3.95. The van der Waals surface area contributed by atoms with E-state index in [1.165, 1.54) is 11.1 Å². The highest BCUT2D eigenvalue weighted by Crippen LogP contribution is 2.15. The lowest BCUT2D eigenvalue weighted by molar-refractivity contribution is 0.680. The number of halogens is 1. The van der Waals surface area contributed by atoms with Gasteiger partial charge in [-0.2, -0.15) is 5.10 Å². The van der Waals surface area contributed by atoms with Crippen LogP contribution in [0.25, 0.3) is 0 Å². The lowest BCUT2D eigenvalue weighted by Crippen LogP contribution is -2.37. The first kappa shape index (κ1) is 21.5. The Bertz CT molecular complexity index is 646. The summed E-state index contributed by atoms with van der Waals surface area (Å²) in [7, 11) is 3.74. The van der Waals surface area contributed by atoms with Gasteiger partial charge in [0.1, 0.15) is 0 Å². The smallest absolute Gasteiger partial charge is 0.191 e. The molecular formula is C19H30IN5. The van der Waals surface area contributed by atoms with E-state index in [1.807, 2.05) is 17.8 Å². The van der Waals surface area contributed by atoms with Crippen molar-refractivity contribution in [2.45, 2.75) is 39.2 Å². The third-order valence-corrected chi connectivity index (χ3v) is 4.16. The molecular weight excluding hydrogens is 425 g/mol. The first-order valence-corrected chi connectivity index (χ1v) is 8.60. The van der Waals surface area contributed by atoms with Gasteiger partial charge in [0.05, 0.1) is 12.2 Å². The predicted molar refractivity (Wildman–Crippen MR) is 116 cm³/mol. The average molecular weight is 455 g/mol. The second-order valence-corrected chi connectivity index (χ2v) is 6.30. The van der Waals surface area contributed by atoms with Crippen molar-refractivity contribution in [3.05, 3.63) is 53.3 Å². The lowest BCUT2D eigenvalue weighted by Gasteiger charge is -2.12. The highest BCUT2D eigenvalue weighted by atomic mass is 127. The van der Waals surface area contributed by atoms with Gasteiger partial charge in [-0.1, -0.05) is 38.1 Å². The summed E-state index contributed by atoms with van der Waals surface area (Å²) in [6.45, 7) is 6.07. The Labute approximate surface area is 168 Å². The maximum atomic E-state index is 4.26. The fraction of sp³-hybridized carbons (Fsp3) is 0.474. The van der Waals surface area contributed by atoms with Gasteiger partial charge in [-0.05, 0) is 36.0 Å². The minimum absolute atomic E-state index is 0. The summed E-state index contributed by atoms with van der Waals surface area (Å²) in [5.74, 6) is 1.42. The van der Waals surface area contributed by atoms with E-state index in [-0.39, 0.29) is 24.0 Å². The monoisotopic (exact) mass is 455 g/mol. The Morgan fingerprint density at radius 1 is 1.16 bits per heavy atom. The molecule has 138 valence electrons. The number of nitrogens with one attached hydrogen (secondary N) is 2. The molecule has 0 saturated carbocycles. The van der Waals surface area contributed by atoms with Crippen LogP contribution in [0.15, 0.2) is 41.5 Å². The van der Waals surface area contributed by atoms with E-state index in [1.54, 1.807) is 13.2 Å². The Morgan fingerprint density at radius 2 is 1.88 bits per heavy atom. The molecule has 0 amide bonds. The number of aryl methyl sites for hydroxylation is 2. The molecule has 0 spiro atoms. The largest absolute Gasteiger partial charge is 0.356 e. The molecule has 0 bridgehead atoms. The molecule has 1 heterocycles. The van der Waals surface area contributed by atoms with E-state index in [0.717, 1.165) is 31.0 Å². The summed E-state index contributed by atoms with van der Waals surface area (Å²) >= 11 is 0. The number of rotatable bonds is 7. The molecule has 2 aromatic rings. The van der Waals surface area contributed by atoms with E-state index in [4.69, 9.17) is 0 Å². The zero-order chi connectivity index (χ0) is 17.4. The van der Waals surface area contributed by atoms with Crippen LogP contribution in [0, 0.1) is 0 Å². The summed E-state index contributed by atoms with van der Waals surface area (Å²) in [4.78, 5) is 4.26. The molecule has 0 aliphatic carbocycles. The van der Waals surface area contributed by atoms with Crippen molar-refractivity contribution in [3.63, 3.8) is 0 Å². The molecule has 0 unspecified atom stereocenters. The third-order valence-electron chi connectivity index (χ3n) is 4.16. The van der Waals surface area contributed by atoms with Crippen LogP contribution >= 0.6 is 24.0 Å². The van der Waals surface area contributed by atoms with E-state index in [9.17, 15) is 0 Å². The molecule has 0 aliphatic rings. The van der Waals surface area contributed by atoms with Crippen molar-refractivity contribution in [1.29, 1.82) is 0 Å². The van der Waals surface area contributed by atoms with Crippen molar-refractivity contribution in [3.8, 4) is 0 Å². The normalized spacial score (nSPS) is 11.3. The highest BCUT2D eigenvalue weighted by Gasteiger charge is 2.02. The topological polar surface area (TPSA) is 54.2 Å². The Kier molecular flexibility index (Phi) is 9.55. The van der Waals surface area contributed by atoms with Crippen LogP contribution in [0.3, 0.4) is 0 Å². The second kappa shape index (κ2) is 11.1. The number of hydrogen-bond donors (Lipinski definition) is 2. The van der Waals surface area contributed by atoms with Crippen molar-refractivity contribution < 1.29 is 0 Å². The van der Waals surface area contributed by atoms with E-state index >= 15 is 0 Å². The fourth-order valence-electron chi connectivity index (χ4n) is 2.54. The predicted octanol–water partition coefficient (Wildman–Crippen LogP) is 3.46. The van der Waals surface area contributed by atoms with Gasteiger partial charge >= 0.3 is 0 Å². The van der Waals surface area contributed by atoms with Crippen molar-refractivity contribution in [2.75, 3.05) is 13.6 Å². The van der Waals surface area contributed by atoms with E-state index in [0.29, 0.717) is 12.5 Å². The molecule has 0 saturated heterocycles. The van der Waals surface area contributed by atoms with Gasteiger partial charge in [0.15, 0.2) is 5.96 Å². The van der Waals surface area contributed by atoms with Crippen LogP contribution < -0.4 is 10.6 Å². The number of aliphatic imine (C=N–C) groups is 1. The van der Waals surface area contributed by atoms with Gasteiger partial charge in [0, 0.05) is 26.8 Å². The van der Waals surface area contributed by atoms with Gasteiger partial charge in [0.2, 0.25) is 0 Å². The molecule has 1 aromatic heterocycles. The van der Waals surface area contributed by atoms with Crippen LogP contribution in [0.5, 0.6) is 0 Å². The van der Waals surface area contributed by atoms with E-state index < -0.39 is 0 Å².